The molecule has 0 spiro atoms. The number of halogens is 1. The third-order valence-electron chi connectivity index (χ3n) is 5.96. The van der Waals surface area contributed by atoms with Gasteiger partial charge in [0.1, 0.15) is 11.6 Å². The quantitative estimate of drug-likeness (QED) is 0.406. The van der Waals surface area contributed by atoms with Crippen LogP contribution in [0.3, 0.4) is 0 Å². The van der Waals surface area contributed by atoms with Gasteiger partial charge in [0, 0.05) is 12.0 Å². The molecule has 0 heterocycles. The summed E-state index contributed by atoms with van der Waals surface area (Å²) in [6.45, 7) is 1.52. The lowest BCUT2D eigenvalue weighted by molar-refractivity contribution is -0.138. The predicted octanol–water partition coefficient (Wildman–Crippen LogP) is 6.34. The van der Waals surface area contributed by atoms with Crippen LogP contribution in [0, 0.1) is 11.7 Å². The van der Waals surface area contributed by atoms with E-state index in [1.54, 1.807) is 36.4 Å². The molecule has 1 unspecified atom stereocenters. The summed E-state index contributed by atoms with van der Waals surface area (Å²) in [4.78, 5) is 23.3. The van der Waals surface area contributed by atoms with Crippen molar-refractivity contribution in [1.82, 2.24) is 0 Å². The Hall–Kier alpha value is -2.69. The molecule has 4 nitrogen and oxygen atoms in total. The van der Waals surface area contributed by atoms with Crippen LogP contribution in [0.4, 0.5) is 4.39 Å². The fourth-order valence-electron chi connectivity index (χ4n) is 4.10. The zero-order valence-corrected chi connectivity index (χ0v) is 17.4. The summed E-state index contributed by atoms with van der Waals surface area (Å²) >= 11 is 0. The fourth-order valence-corrected chi connectivity index (χ4v) is 4.10. The molecule has 0 saturated heterocycles. The van der Waals surface area contributed by atoms with Crippen molar-refractivity contribution in [3.8, 4) is 16.9 Å². The number of carbonyl (C=O) groups excluding carboxylic acids is 1. The summed E-state index contributed by atoms with van der Waals surface area (Å²) in [6, 6.07) is 11.2. The molecule has 1 fully saturated rings. The normalized spacial score (nSPS) is 15.5. The molecule has 5 heteroatoms. The van der Waals surface area contributed by atoms with Gasteiger partial charge in [0.15, 0.2) is 0 Å². The summed E-state index contributed by atoms with van der Waals surface area (Å²) in [5, 5.41) is 9.10. The molecule has 0 aromatic heterocycles. The van der Waals surface area contributed by atoms with Crippen LogP contribution in [-0.2, 0) is 9.59 Å². The first-order chi connectivity index (χ1) is 14.4. The van der Waals surface area contributed by atoms with Crippen molar-refractivity contribution >= 4 is 11.9 Å². The van der Waals surface area contributed by atoms with Crippen LogP contribution >= 0.6 is 0 Å². The molecular formula is C25H29FO4. The van der Waals surface area contributed by atoms with E-state index in [0.717, 1.165) is 18.8 Å². The van der Waals surface area contributed by atoms with Crippen LogP contribution < -0.4 is 4.74 Å². The highest BCUT2D eigenvalue weighted by molar-refractivity contribution is 5.76. The van der Waals surface area contributed by atoms with Crippen LogP contribution in [0.5, 0.6) is 5.75 Å². The molecule has 0 amide bonds. The second kappa shape index (κ2) is 10.4. The van der Waals surface area contributed by atoms with Crippen LogP contribution in [0.15, 0.2) is 42.5 Å². The molecule has 3 rings (SSSR count). The van der Waals surface area contributed by atoms with Gasteiger partial charge in [-0.05, 0) is 55.0 Å². The van der Waals surface area contributed by atoms with Crippen LogP contribution in [0.2, 0.25) is 0 Å². The predicted molar refractivity (Wildman–Crippen MR) is 114 cm³/mol. The smallest absolute Gasteiger partial charge is 0.311 e. The fraction of sp³-hybridized carbons (Fsp3) is 0.440. The van der Waals surface area contributed by atoms with Crippen molar-refractivity contribution < 1.29 is 23.8 Å². The number of ether oxygens (including phenoxy) is 1. The lowest BCUT2D eigenvalue weighted by Gasteiger charge is -2.20. The third-order valence-corrected chi connectivity index (χ3v) is 5.96. The molecule has 160 valence electrons. The van der Waals surface area contributed by atoms with Crippen molar-refractivity contribution in [3.63, 3.8) is 0 Å². The van der Waals surface area contributed by atoms with E-state index >= 15 is 0 Å². The monoisotopic (exact) mass is 412 g/mol. The van der Waals surface area contributed by atoms with Crippen molar-refractivity contribution in [2.75, 3.05) is 0 Å². The summed E-state index contributed by atoms with van der Waals surface area (Å²) in [5.74, 6) is -1.43. The van der Waals surface area contributed by atoms with Crippen molar-refractivity contribution in [2.24, 2.45) is 5.92 Å². The summed E-state index contributed by atoms with van der Waals surface area (Å²) < 4.78 is 20.1. The molecule has 0 bridgehead atoms. The van der Waals surface area contributed by atoms with Gasteiger partial charge in [-0.1, -0.05) is 56.4 Å². The van der Waals surface area contributed by atoms with E-state index in [1.165, 1.54) is 45.1 Å². The standard InChI is InChI=1S/C25H29FO4/c1-17(25(28)29)19-13-14-22(23(26)16-19)20-10-6-11-21(15-20)30-24(27)12-5-9-18-7-3-2-4-8-18/h6,10-11,13-18H,2-5,7-9,12H2,1H3,(H,28,29). The second-order valence-corrected chi connectivity index (χ2v) is 8.20. The zero-order chi connectivity index (χ0) is 21.5. The molecule has 1 atom stereocenters. The minimum absolute atomic E-state index is 0.269. The Morgan fingerprint density at radius 3 is 2.60 bits per heavy atom. The van der Waals surface area contributed by atoms with E-state index in [2.05, 4.69) is 0 Å². The first-order valence-electron chi connectivity index (χ1n) is 10.8. The number of rotatable bonds is 8. The molecule has 2 aromatic rings. The van der Waals surface area contributed by atoms with Gasteiger partial charge >= 0.3 is 11.9 Å². The highest BCUT2D eigenvalue weighted by atomic mass is 19.1. The Bertz CT molecular complexity index is 886. The minimum atomic E-state index is -1.00. The summed E-state index contributed by atoms with van der Waals surface area (Å²) in [7, 11) is 0. The molecule has 1 saturated carbocycles. The largest absolute Gasteiger partial charge is 0.481 e. The van der Waals surface area contributed by atoms with Crippen LogP contribution in [0.25, 0.3) is 11.1 Å². The van der Waals surface area contributed by atoms with Crippen molar-refractivity contribution in [3.05, 3.63) is 53.8 Å². The van der Waals surface area contributed by atoms with Crippen molar-refractivity contribution in [2.45, 2.75) is 64.2 Å². The number of esters is 1. The van der Waals surface area contributed by atoms with E-state index in [9.17, 15) is 14.0 Å². The molecule has 2 aromatic carbocycles. The molecule has 1 aliphatic rings. The Morgan fingerprint density at radius 2 is 1.90 bits per heavy atom. The Kier molecular flexibility index (Phi) is 7.61. The van der Waals surface area contributed by atoms with Gasteiger partial charge in [0.05, 0.1) is 5.92 Å². The minimum Gasteiger partial charge on any atom is -0.481 e. The highest BCUT2D eigenvalue weighted by Crippen LogP contribution is 2.30. The van der Waals surface area contributed by atoms with Gasteiger partial charge < -0.3 is 9.84 Å². The van der Waals surface area contributed by atoms with Gasteiger partial charge in [-0.2, -0.15) is 0 Å². The summed E-state index contributed by atoms with van der Waals surface area (Å²) in [5.41, 5.74) is 1.32. The number of hydrogen-bond donors (Lipinski definition) is 1. The van der Waals surface area contributed by atoms with Crippen LogP contribution in [-0.4, -0.2) is 17.0 Å². The molecule has 1 N–H and O–H groups in total. The number of carbonyl (C=O) groups is 2. The van der Waals surface area contributed by atoms with E-state index in [-0.39, 0.29) is 5.97 Å². The van der Waals surface area contributed by atoms with Crippen LogP contribution in [0.1, 0.15) is 69.8 Å². The maximum absolute atomic E-state index is 14.6. The average molecular weight is 413 g/mol. The van der Waals surface area contributed by atoms with E-state index < -0.39 is 17.7 Å². The van der Waals surface area contributed by atoms with Gasteiger partial charge in [-0.15, -0.1) is 0 Å². The second-order valence-electron chi connectivity index (χ2n) is 8.20. The Morgan fingerprint density at radius 1 is 1.13 bits per heavy atom. The van der Waals surface area contributed by atoms with Crippen molar-refractivity contribution in [1.29, 1.82) is 0 Å². The molecule has 0 radical (unpaired) electrons. The topological polar surface area (TPSA) is 63.6 Å². The lowest BCUT2D eigenvalue weighted by atomic mass is 9.86. The number of hydrogen-bond acceptors (Lipinski definition) is 3. The third kappa shape index (κ3) is 5.91. The zero-order valence-electron chi connectivity index (χ0n) is 17.4. The first-order valence-corrected chi connectivity index (χ1v) is 10.8. The van der Waals surface area contributed by atoms with Gasteiger partial charge in [-0.25, -0.2) is 4.39 Å². The Labute approximate surface area is 177 Å². The SMILES string of the molecule is CC(C(=O)O)c1ccc(-c2cccc(OC(=O)CCCC3CCCCC3)c2)c(F)c1. The first kappa shape index (κ1) is 22.0. The maximum Gasteiger partial charge on any atom is 0.311 e. The van der Waals surface area contributed by atoms with E-state index in [4.69, 9.17) is 9.84 Å². The Balaban J connectivity index is 1.60. The number of benzene rings is 2. The highest BCUT2D eigenvalue weighted by Gasteiger charge is 2.17. The van der Waals surface area contributed by atoms with Gasteiger partial charge in [0.2, 0.25) is 0 Å². The van der Waals surface area contributed by atoms with E-state index in [0.29, 0.717) is 28.9 Å². The number of aliphatic carboxylic acids is 1. The van der Waals surface area contributed by atoms with E-state index in [1.807, 2.05) is 0 Å². The summed E-state index contributed by atoms with van der Waals surface area (Å²) in [6.07, 6.45) is 8.76. The maximum atomic E-state index is 14.6. The molecule has 30 heavy (non-hydrogen) atoms. The van der Waals surface area contributed by atoms with Gasteiger partial charge in [0.25, 0.3) is 0 Å². The average Bonchev–Trinajstić information content (AvgIpc) is 2.74. The number of carboxylic acids is 1. The van der Waals surface area contributed by atoms with Gasteiger partial charge in [-0.3, -0.25) is 9.59 Å². The molecular weight excluding hydrogens is 383 g/mol. The lowest BCUT2D eigenvalue weighted by Crippen LogP contribution is -2.10. The molecule has 1 aliphatic carbocycles. The number of carboxylic acid groups (broad SMARTS) is 1. The molecule has 0 aliphatic heterocycles.